The number of anilines is 1. The molecule has 4 heteroatoms. The molecule has 0 aliphatic carbocycles. The monoisotopic (exact) mass is 235 g/mol. The van der Waals surface area contributed by atoms with Crippen molar-refractivity contribution < 1.29 is 0 Å². The normalized spacial score (nSPS) is 11.2. The summed E-state index contributed by atoms with van der Waals surface area (Å²) in [6, 6.07) is 6.37. The molecule has 0 aliphatic rings. The molecule has 0 radical (unpaired) electrons. The van der Waals surface area contributed by atoms with Crippen molar-refractivity contribution in [3.63, 3.8) is 0 Å². The predicted octanol–water partition coefficient (Wildman–Crippen LogP) is 2.79. The number of fused-ring (bicyclic) bond motifs is 1. The number of aromatic nitrogens is 1. The molecule has 2 rings (SSSR count). The van der Waals surface area contributed by atoms with E-state index in [0.29, 0.717) is 12.5 Å². The molecule has 0 aliphatic heterocycles. The molecule has 0 atom stereocenters. The summed E-state index contributed by atoms with van der Waals surface area (Å²) < 4.78 is 1.24. The van der Waals surface area contributed by atoms with Gasteiger partial charge in [0.15, 0.2) is 5.13 Å². The molecule has 86 valence electrons. The van der Waals surface area contributed by atoms with Crippen LogP contribution >= 0.6 is 11.3 Å². The predicted molar refractivity (Wildman–Crippen MR) is 71.3 cm³/mol. The lowest BCUT2D eigenvalue weighted by Gasteiger charge is -2.04. The van der Waals surface area contributed by atoms with Crippen LogP contribution in [0.15, 0.2) is 18.2 Å². The molecule has 1 heterocycles. The van der Waals surface area contributed by atoms with Gasteiger partial charge in [-0.3, -0.25) is 0 Å². The molecule has 0 bridgehead atoms. The van der Waals surface area contributed by atoms with E-state index in [0.717, 1.165) is 17.2 Å². The quantitative estimate of drug-likeness (QED) is 0.856. The third-order valence-electron chi connectivity index (χ3n) is 2.49. The highest BCUT2D eigenvalue weighted by atomic mass is 32.1. The minimum Gasteiger partial charge on any atom is -0.360 e. The van der Waals surface area contributed by atoms with Crippen LogP contribution in [0.3, 0.4) is 0 Å². The van der Waals surface area contributed by atoms with E-state index in [-0.39, 0.29) is 0 Å². The van der Waals surface area contributed by atoms with Crippen LogP contribution in [0.5, 0.6) is 0 Å². The molecule has 3 nitrogen and oxygen atoms in total. The fourth-order valence-corrected chi connectivity index (χ4v) is 2.62. The molecule has 16 heavy (non-hydrogen) atoms. The Hall–Kier alpha value is -1.13. The van der Waals surface area contributed by atoms with Gasteiger partial charge >= 0.3 is 0 Å². The first-order valence-corrected chi connectivity index (χ1v) is 6.37. The maximum absolute atomic E-state index is 5.46. The van der Waals surface area contributed by atoms with Crippen LogP contribution in [0, 0.1) is 0 Å². The van der Waals surface area contributed by atoms with Gasteiger partial charge < -0.3 is 11.1 Å². The summed E-state index contributed by atoms with van der Waals surface area (Å²) in [6.45, 7) is 5.80. The van der Waals surface area contributed by atoms with Crippen LogP contribution in [0.4, 0.5) is 5.13 Å². The van der Waals surface area contributed by atoms with Crippen LogP contribution in [0.25, 0.3) is 10.2 Å². The summed E-state index contributed by atoms with van der Waals surface area (Å²) in [5.74, 6) is 0.508. The number of nitrogens with two attached hydrogens (primary N) is 1. The lowest BCUT2D eigenvalue weighted by atomic mass is 10.0. The van der Waals surface area contributed by atoms with E-state index in [2.05, 4.69) is 42.3 Å². The molecule has 1 aromatic carbocycles. The SMILES string of the molecule is CC(C)c1cccc2sc(NCCN)nc12. The zero-order chi connectivity index (χ0) is 11.5. The Bertz CT molecular complexity index is 476. The molecule has 0 saturated heterocycles. The zero-order valence-electron chi connectivity index (χ0n) is 9.66. The Kier molecular flexibility index (Phi) is 3.41. The number of para-hydroxylation sites is 1. The number of rotatable bonds is 4. The van der Waals surface area contributed by atoms with E-state index in [1.165, 1.54) is 10.3 Å². The van der Waals surface area contributed by atoms with Crippen molar-refractivity contribution in [1.29, 1.82) is 0 Å². The topological polar surface area (TPSA) is 50.9 Å². The molecular formula is C12H17N3S. The third-order valence-corrected chi connectivity index (χ3v) is 3.47. The van der Waals surface area contributed by atoms with E-state index in [4.69, 9.17) is 5.73 Å². The summed E-state index contributed by atoms with van der Waals surface area (Å²) >= 11 is 1.69. The average Bonchev–Trinajstić information content (AvgIpc) is 2.68. The maximum Gasteiger partial charge on any atom is 0.183 e. The Morgan fingerprint density at radius 1 is 1.44 bits per heavy atom. The lowest BCUT2D eigenvalue weighted by Crippen LogP contribution is -2.12. The van der Waals surface area contributed by atoms with E-state index in [1.54, 1.807) is 11.3 Å². The minimum absolute atomic E-state index is 0.508. The average molecular weight is 235 g/mol. The van der Waals surface area contributed by atoms with E-state index in [9.17, 15) is 0 Å². The second-order valence-electron chi connectivity index (χ2n) is 4.08. The largest absolute Gasteiger partial charge is 0.360 e. The molecule has 0 saturated carbocycles. The van der Waals surface area contributed by atoms with Crippen molar-refractivity contribution in [2.45, 2.75) is 19.8 Å². The Balaban J connectivity index is 2.40. The van der Waals surface area contributed by atoms with Crippen molar-refractivity contribution in [2.75, 3.05) is 18.4 Å². The van der Waals surface area contributed by atoms with Gasteiger partial charge in [0.05, 0.1) is 10.2 Å². The van der Waals surface area contributed by atoms with Gasteiger partial charge in [0.2, 0.25) is 0 Å². The van der Waals surface area contributed by atoms with Crippen LogP contribution in [-0.2, 0) is 0 Å². The number of benzene rings is 1. The van der Waals surface area contributed by atoms with Gasteiger partial charge in [0, 0.05) is 13.1 Å². The highest BCUT2D eigenvalue weighted by Crippen LogP contribution is 2.31. The molecular weight excluding hydrogens is 218 g/mol. The summed E-state index contributed by atoms with van der Waals surface area (Å²) in [7, 11) is 0. The molecule has 2 aromatic rings. The number of hydrogen-bond donors (Lipinski definition) is 2. The van der Waals surface area contributed by atoms with Gasteiger partial charge in [0.25, 0.3) is 0 Å². The third kappa shape index (κ3) is 2.18. The number of thiazole rings is 1. The minimum atomic E-state index is 0.508. The van der Waals surface area contributed by atoms with E-state index >= 15 is 0 Å². The lowest BCUT2D eigenvalue weighted by molar-refractivity contribution is 0.873. The number of hydrogen-bond acceptors (Lipinski definition) is 4. The number of nitrogens with one attached hydrogen (secondary N) is 1. The Labute approximate surface area is 99.7 Å². The Morgan fingerprint density at radius 2 is 2.25 bits per heavy atom. The van der Waals surface area contributed by atoms with Crippen LogP contribution in [0.2, 0.25) is 0 Å². The molecule has 3 N–H and O–H groups in total. The second-order valence-corrected chi connectivity index (χ2v) is 5.11. The van der Waals surface area contributed by atoms with E-state index < -0.39 is 0 Å². The summed E-state index contributed by atoms with van der Waals surface area (Å²) in [6.07, 6.45) is 0. The second kappa shape index (κ2) is 4.80. The summed E-state index contributed by atoms with van der Waals surface area (Å²) in [4.78, 5) is 4.62. The summed E-state index contributed by atoms with van der Waals surface area (Å²) in [5, 5.41) is 4.20. The first-order chi connectivity index (χ1) is 7.72. The molecule has 0 amide bonds. The van der Waals surface area contributed by atoms with Gasteiger partial charge in [-0.2, -0.15) is 0 Å². The van der Waals surface area contributed by atoms with Crippen molar-refractivity contribution >= 4 is 26.7 Å². The van der Waals surface area contributed by atoms with Gasteiger partial charge in [-0.1, -0.05) is 37.3 Å². The maximum atomic E-state index is 5.46. The standard InChI is InChI=1S/C12H17N3S/c1-8(2)9-4-3-5-10-11(9)15-12(16-10)14-7-6-13/h3-5,8H,6-7,13H2,1-2H3,(H,14,15). The first-order valence-electron chi connectivity index (χ1n) is 5.55. The van der Waals surface area contributed by atoms with Gasteiger partial charge in [-0.25, -0.2) is 4.98 Å². The van der Waals surface area contributed by atoms with Crippen LogP contribution in [0.1, 0.15) is 25.3 Å². The van der Waals surface area contributed by atoms with Crippen molar-refractivity contribution in [3.05, 3.63) is 23.8 Å². The fourth-order valence-electron chi connectivity index (χ4n) is 1.69. The molecule has 0 fully saturated rings. The highest BCUT2D eigenvalue weighted by molar-refractivity contribution is 7.22. The van der Waals surface area contributed by atoms with Crippen molar-refractivity contribution in [2.24, 2.45) is 5.73 Å². The van der Waals surface area contributed by atoms with Crippen molar-refractivity contribution in [3.8, 4) is 0 Å². The Morgan fingerprint density at radius 3 is 2.94 bits per heavy atom. The molecule has 1 aromatic heterocycles. The van der Waals surface area contributed by atoms with Gasteiger partial charge in [-0.05, 0) is 17.5 Å². The van der Waals surface area contributed by atoms with Crippen molar-refractivity contribution in [1.82, 2.24) is 4.98 Å². The van der Waals surface area contributed by atoms with Crippen LogP contribution in [-0.4, -0.2) is 18.1 Å². The van der Waals surface area contributed by atoms with Crippen LogP contribution < -0.4 is 11.1 Å². The van der Waals surface area contributed by atoms with Gasteiger partial charge in [0.1, 0.15) is 0 Å². The highest BCUT2D eigenvalue weighted by Gasteiger charge is 2.09. The first kappa shape index (κ1) is 11.4. The smallest absolute Gasteiger partial charge is 0.183 e. The molecule has 0 spiro atoms. The zero-order valence-corrected chi connectivity index (χ0v) is 10.5. The summed E-state index contributed by atoms with van der Waals surface area (Å²) in [5.41, 5.74) is 7.90. The number of nitrogens with zero attached hydrogens (tertiary/aromatic N) is 1. The van der Waals surface area contributed by atoms with Gasteiger partial charge in [-0.15, -0.1) is 0 Å². The fraction of sp³-hybridized carbons (Fsp3) is 0.417. The molecule has 0 unspecified atom stereocenters. The van der Waals surface area contributed by atoms with E-state index in [1.807, 2.05) is 0 Å².